The molecule has 0 heterocycles. The van der Waals surface area contributed by atoms with Crippen LogP contribution in [0.1, 0.15) is 51.5 Å². The van der Waals surface area contributed by atoms with Crippen molar-refractivity contribution in [3.8, 4) is 0 Å². The quantitative estimate of drug-likeness (QED) is 0.670. The van der Waals surface area contributed by atoms with Gasteiger partial charge in [-0.1, -0.05) is 56.5 Å². The van der Waals surface area contributed by atoms with Crippen molar-refractivity contribution >= 4 is 11.6 Å². The fourth-order valence-corrected chi connectivity index (χ4v) is 2.90. The highest BCUT2D eigenvalue weighted by Gasteiger charge is 2.22. The highest BCUT2D eigenvalue weighted by molar-refractivity contribution is 6.31. The van der Waals surface area contributed by atoms with E-state index in [9.17, 15) is 0 Å². The first-order valence-electron chi connectivity index (χ1n) is 8.12. The van der Waals surface area contributed by atoms with Crippen LogP contribution in [0.4, 0.5) is 0 Å². The molecular formula is C18H28ClN. The smallest absolute Gasteiger partial charge is 0.0438 e. The van der Waals surface area contributed by atoms with Crippen LogP contribution in [0.5, 0.6) is 0 Å². The van der Waals surface area contributed by atoms with Gasteiger partial charge in [-0.15, -0.1) is 0 Å². The van der Waals surface area contributed by atoms with Crippen molar-refractivity contribution in [1.82, 2.24) is 5.32 Å². The Morgan fingerprint density at radius 1 is 1.20 bits per heavy atom. The maximum atomic E-state index is 6.31. The number of nitrogens with one attached hydrogen (secondary N) is 1. The minimum absolute atomic E-state index is 0.717. The van der Waals surface area contributed by atoms with Crippen LogP contribution in [-0.4, -0.2) is 12.6 Å². The molecular weight excluding hydrogens is 266 g/mol. The molecule has 0 spiro atoms. The normalized spacial score (nSPS) is 16.6. The Morgan fingerprint density at radius 3 is 2.60 bits per heavy atom. The molecule has 1 aromatic carbocycles. The van der Waals surface area contributed by atoms with Crippen molar-refractivity contribution in [1.29, 1.82) is 0 Å². The van der Waals surface area contributed by atoms with Gasteiger partial charge in [0.15, 0.2) is 0 Å². The first kappa shape index (κ1) is 15.9. The zero-order chi connectivity index (χ0) is 14.4. The van der Waals surface area contributed by atoms with Crippen LogP contribution < -0.4 is 5.32 Å². The summed E-state index contributed by atoms with van der Waals surface area (Å²) in [6.45, 7) is 5.77. The summed E-state index contributed by atoms with van der Waals surface area (Å²) in [6.07, 6.45) is 7.82. The average Bonchev–Trinajstić information content (AvgIpc) is 3.22. The summed E-state index contributed by atoms with van der Waals surface area (Å²) in [4.78, 5) is 0. The molecule has 112 valence electrons. The molecule has 0 radical (unpaired) electrons. The maximum absolute atomic E-state index is 6.31. The standard InChI is InChI=1S/C18H28ClN/c1-14(2)6-5-7-15(13-20-17-10-11-17)12-16-8-3-4-9-18(16)19/h3-4,8-9,14-15,17,20H,5-7,10-13H2,1-2H3. The van der Waals surface area contributed by atoms with E-state index in [0.29, 0.717) is 5.92 Å². The zero-order valence-electron chi connectivity index (χ0n) is 12.9. The molecule has 1 aromatic rings. The molecule has 2 heteroatoms. The van der Waals surface area contributed by atoms with E-state index < -0.39 is 0 Å². The SMILES string of the molecule is CC(C)CCCC(CNC1CC1)Cc1ccccc1Cl. The highest BCUT2D eigenvalue weighted by atomic mass is 35.5. The summed E-state index contributed by atoms with van der Waals surface area (Å²) in [6, 6.07) is 9.10. The van der Waals surface area contributed by atoms with Crippen molar-refractivity contribution in [2.75, 3.05) is 6.54 Å². The van der Waals surface area contributed by atoms with Gasteiger partial charge >= 0.3 is 0 Å². The fourth-order valence-electron chi connectivity index (χ4n) is 2.69. The van der Waals surface area contributed by atoms with Gasteiger partial charge in [0, 0.05) is 11.1 Å². The molecule has 1 fully saturated rings. The summed E-state index contributed by atoms with van der Waals surface area (Å²) < 4.78 is 0. The van der Waals surface area contributed by atoms with Crippen LogP contribution in [0.3, 0.4) is 0 Å². The summed E-state index contributed by atoms with van der Waals surface area (Å²) in [5.41, 5.74) is 1.31. The number of halogens is 1. The van der Waals surface area contributed by atoms with Gasteiger partial charge in [-0.3, -0.25) is 0 Å². The van der Waals surface area contributed by atoms with E-state index in [2.05, 4.69) is 31.3 Å². The van der Waals surface area contributed by atoms with E-state index in [1.807, 2.05) is 12.1 Å². The van der Waals surface area contributed by atoms with Crippen molar-refractivity contribution in [2.45, 2.75) is 58.4 Å². The van der Waals surface area contributed by atoms with E-state index in [-0.39, 0.29) is 0 Å². The molecule has 20 heavy (non-hydrogen) atoms. The molecule has 1 N–H and O–H groups in total. The Kier molecular flexibility index (Phi) is 6.38. The van der Waals surface area contributed by atoms with Crippen molar-refractivity contribution in [3.63, 3.8) is 0 Å². The fraction of sp³-hybridized carbons (Fsp3) is 0.667. The molecule has 1 atom stereocenters. The van der Waals surface area contributed by atoms with Crippen LogP contribution in [0.25, 0.3) is 0 Å². The van der Waals surface area contributed by atoms with E-state index >= 15 is 0 Å². The van der Waals surface area contributed by atoms with Gasteiger partial charge in [-0.2, -0.15) is 0 Å². The van der Waals surface area contributed by atoms with E-state index in [1.165, 1.54) is 37.7 Å². The topological polar surface area (TPSA) is 12.0 Å². The molecule has 0 bridgehead atoms. The summed E-state index contributed by atoms with van der Waals surface area (Å²) >= 11 is 6.31. The molecule has 0 aromatic heterocycles. The second-order valence-corrected chi connectivity index (χ2v) is 7.08. The Morgan fingerprint density at radius 2 is 1.95 bits per heavy atom. The van der Waals surface area contributed by atoms with Crippen LogP contribution in [0.15, 0.2) is 24.3 Å². The molecule has 2 rings (SSSR count). The van der Waals surface area contributed by atoms with Crippen LogP contribution in [-0.2, 0) is 6.42 Å². The van der Waals surface area contributed by atoms with E-state index in [0.717, 1.165) is 29.9 Å². The van der Waals surface area contributed by atoms with E-state index in [4.69, 9.17) is 11.6 Å². The van der Waals surface area contributed by atoms with Gasteiger partial charge in [0.2, 0.25) is 0 Å². The lowest BCUT2D eigenvalue weighted by molar-refractivity contribution is 0.405. The molecule has 0 saturated heterocycles. The Labute approximate surface area is 129 Å². The second-order valence-electron chi connectivity index (χ2n) is 6.67. The number of rotatable bonds is 9. The van der Waals surface area contributed by atoms with Crippen molar-refractivity contribution in [3.05, 3.63) is 34.9 Å². The van der Waals surface area contributed by atoms with Gasteiger partial charge in [-0.25, -0.2) is 0 Å². The lowest BCUT2D eigenvalue weighted by atomic mass is 9.92. The Bertz CT molecular complexity index is 398. The third-order valence-electron chi connectivity index (χ3n) is 4.13. The molecule has 1 nitrogen and oxygen atoms in total. The minimum atomic E-state index is 0.717. The molecule has 1 saturated carbocycles. The second kappa shape index (κ2) is 8.05. The van der Waals surface area contributed by atoms with Gasteiger partial charge in [0.05, 0.1) is 0 Å². The number of benzene rings is 1. The zero-order valence-corrected chi connectivity index (χ0v) is 13.6. The Balaban J connectivity index is 1.85. The van der Waals surface area contributed by atoms with E-state index in [1.54, 1.807) is 0 Å². The molecule has 0 amide bonds. The molecule has 1 aliphatic carbocycles. The average molecular weight is 294 g/mol. The van der Waals surface area contributed by atoms with Crippen LogP contribution in [0, 0.1) is 11.8 Å². The first-order chi connectivity index (χ1) is 9.65. The molecule has 0 aliphatic heterocycles. The van der Waals surface area contributed by atoms with Crippen molar-refractivity contribution < 1.29 is 0 Å². The largest absolute Gasteiger partial charge is 0.314 e. The lowest BCUT2D eigenvalue weighted by Gasteiger charge is -2.19. The number of hydrogen-bond donors (Lipinski definition) is 1. The lowest BCUT2D eigenvalue weighted by Crippen LogP contribution is -2.26. The maximum Gasteiger partial charge on any atom is 0.0438 e. The third kappa shape index (κ3) is 5.85. The monoisotopic (exact) mass is 293 g/mol. The summed E-state index contributed by atoms with van der Waals surface area (Å²) in [7, 11) is 0. The summed E-state index contributed by atoms with van der Waals surface area (Å²) in [5.74, 6) is 1.53. The predicted molar refractivity (Wildman–Crippen MR) is 88.4 cm³/mol. The third-order valence-corrected chi connectivity index (χ3v) is 4.50. The number of hydrogen-bond acceptors (Lipinski definition) is 1. The predicted octanol–water partition coefficient (Wildman–Crippen LogP) is 5.08. The highest BCUT2D eigenvalue weighted by Crippen LogP contribution is 2.24. The van der Waals surface area contributed by atoms with Crippen molar-refractivity contribution in [2.24, 2.45) is 11.8 Å². The first-order valence-corrected chi connectivity index (χ1v) is 8.49. The molecule has 1 unspecified atom stereocenters. The van der Waals surface area contributed by atoms with Gasteiger partial charge in [0.1, 0.15) is 0 Å². The Hall–Kier alpha value is -0.530. The van der Waals surface area contributed by atoms with Crippen LogP contribution in [0.2, 0.25) is 5.02 Å². The van der Waals surface area contributed by atoms with Gasteiger partial charge < -0.3 is 5.32 Å². The minimum Gasteiger partial charge on any atom is -0.314 e. The van der Waals surface area contributed by atoms with Gasteiger partial charge in [-0.05, 0) is 55.7 Å². The molecule has 1 aliphatic rings. The summed E-state index contributed by atoms with van der Waals surface area (Å²) in [5, 5.41) is 4.62. The van der Waals surface area contributed by atoms with Gasteiger partial charge in [0.25, 0.3) is 0 Å². The van der Waals surface area contributed by atoms with Crippen LogP contribution >= 0.6 is 11.6 Å².